The molecule has 1 aromatic carbocycles. The zero-order chi connectivity index (χ0) is 18.5. The normalized spacial score (nSPS) is 16.3. The van der Waals surface area contributed by atoms with Gasteiger partial charge in [-0.3, -0.25) is 0 Å². The van der Waals surface area contributed by atoms with Gasteiger partial charge in [0.25, 0.3) is 0 Å². The molecular formula is C22H30N4O. The fourth-order valence-corrected chi connectivity index (χ4v) is 4.17. The number of unbranched alkanes of at least 4 members (excludes halogenated alkanes) is 1. The first-order valence-electron chi connectivity index (χ1n) is 10.2. The quantitative estimate of drug-likeness (QED) is 0.618. The van der Waals surface area contributed by atoms with E-state index in [4.69, 9.17) is 15.1 Å². The Hall–Kier alpha value is -2.11. The molecule has 4 rings (SSSR count). The van der Waals surface area contributed by atoms with Crippen molar-refractivity contribution in [3.8, 4) is 0 Å². The molecule has 0 amide bonds. The van der Waals surface area contributed by atoms with Crippen molar-refractivity contribution in [2.24, 2.45) is 11.7 Å². The summed E-state index contributed by atoms with van der Waals surface area (Å²) >= 11 is 0. The Morgan fingerprint density at radius 2 is 1.93 bits per heavy atom. The summed E-state index contributed by atoms with van der Waals surface area (Å²) < 4.78 is 7.93. The molecule has 5 heteroatoms. The van der Waals surface area contributed by atoms with Gasteiger partial charge >= 0.3 is 0 Å². The molecule has 0 radical (unpaired) electrons. The molecule has 3 aromatic rings. The maximum Gasteiger partial charge on any atom is 0.123 e. The Morgan fingerprint density at radius 3 is 2.70 bits per heavy atom. The number of hydrogen-bond donors (Lipinski definition) is 1. The number of hydrogen-bond acceptors (Lipinski definition) is 4. The average molecular weight is 367 g/mol. The minimum Gasteiger partial charge on any atom is -0.467 e. The molecule has 1 fully saturated rings. The molecule has 0 atom stereocenters. The van der Waals surface area contributed by atoms with Crippen molar-refractivity contribution in [2.45, 2.75) is 38.6 Å². The Bertz CT molecular complexity index is 831. The molecule has 1 saturated heterocycles. The second-order valence-corrected chi connectivity index (χ2v) is 7.67. The lowest BCUT2D eigenvalue weighted by Crippen LogP contribution is -2.35. The van der Waals surface area contributed by atoms with Gasteiger partial charge in [-0.2, -0.15) is 0 Å². The highest BCUT2D eigenvalue weighted by Gasteiger charge is 2.22. The highest BCUT2D eigenvalue weighted by Crippen LogP contribution is 2.25. The number of rotatable bonds is 8. The summed E-state index contributed by atoms with van der Waals surface area (Å²) in [6.07, 6.45) is 7.66. The molecule has 5 nitrogen and oxygen atoms in total. The number of nitrogens with zero attached hydrogens (tertiary/aromatic N) is 3. The Kier molecular flexibility index (Phi) is 5.90. The third-order valence-electron chi connectivity index (χ3n) is 5.73. The summed E-state index contributed by atoms with van der Waals surface area (Å²) in [6, 6.07) is 12.4. The lowest BCUT2D eigenvalue weighted by molar-refractivity contribution is 0.180. The molecule has 1 aliphatic heterocycles. The first-order valence-corrected chi connectivity index (χ1v) is 10.2. The summed E-state index contributed by atoms with van der Waals surface area (Å²) in [7, 11) is 0. The van der Waals surface area contributed by atoms with Crippen LogP contribution in [0.15, 0.2) is 47.1 Å². The van der Waals surface area contributed by atoms with Gasteiger partial charge in [-0.05, 0) is 82.0 Å². The first-order chi connectivity index (χ1) is 13.3. The van der Waals surface area contributed by atoms with Gasteiger partial charge in [-0.15, -0.1) is 0 Å². The third-order valence-corrected chi connectivity index (χ3v) is 5.73. The van der Waals surface area contributed by atoms with E-state index in [1.54, 1.807) is 6.26 Å². The monoisotopic (exact) mass is 366 g/mol. The largest absolute Gasteiger partial charge is 0.467 e. The lowest BCUT2D eigenvalue weighted by atomic mass is 9.93. The van der Waals surface area contributed by atoms with E-state index in [1.807, 2.05) is 12.1 Å². The van der Waals surface area contributed by atoms with Gasteiger partial charge in [-0.1, -0.05) is 12.1 Å². The molecular weight excluding hydrogens is 336 g/mol. The van der Waals surface area contributed by atoms with E-state index in [1.165, 1.54) is 50.2 Å². The molecule has 3 heterocycles. The van der Waals surface area contributed by atoms with Crippen molar-refractivity contribution in [1.82, 2.24) is 14.5 Å². The van der Waals surface area contributed by atoms with Crippen LogP contribution in [0.2, 0.25) is 0 Å². The Labute approximate surface area is 161 Å². The number of aromatic nitrogens is 2. The van der Waals surface area contributed by atoms with Gasteiger partial charge in [0, 0.05) is 6.42 Å². The predicted molar refractivity (Wildman–Crippen MR) is 109 cm³/mol. The maximum absolute atomic E-state index is 5.61. The van der Waals surface area contributed by atoms with Crippen LogP contribution in [0.4, 0.5) is 0 Å². The van der Waals surface area contributed by atoms with Crippen LogP contribution in [0.5, 0.6) is 0 Å². The van der Waals surface area contributed by atoms with Gasteiger partial charge in [0.1, 0.15) is 11.6 Å². The number of fused-ring (bicyclic) bond motifs is 1. The Balaban J connectivity index is 1.44. The number of likely N-dealkylation sites (tertiary alicyclic amines) is 1. The van der Waals surface area contributed by atoms with E-state index in [0.29, 0.717) is 5.92 Å². The molecule has 1 aliphatic rings. The van der Waals surface area contributed by atoms with Crippen LogP contribution >= 0.6 is 0 Å². The molecule has 0 bridgehead atoms. The van der Waals surface area contributed by atoms with Crippen LogP contribution < -0.4 is 5.73 Å². The summed E-state index contributed by atoms with van der Waals surface area (Å²) in [5, 5.41) is 0. The van der Waals surface area contributed by atoms with E-state index in [2.05, 4.69) is 33.7 Å². The van der Waals surface area contributed by atoms with E-state index >= 15 is 0 Å². The van der Waals surface area contributed by atoms with Crippen LogP contribution in [-0.2, 0) is 13.0 Å². The van der Waals surface area contributed by atoms with Crippen molar-refractivity contribution in [2.75, 3.05) is 26.2 Å². The van der Waals surface area contributed by atoms with Gasteiger partial charge < -0.3 is 19.6 Å². The standard InChI is InChI=1S/C22H30N4O/c23-11-3-4-12-25-13-9-18(10-14-25)16-22-24-20-7-1-2-8-21(20)26(22)17-19-6-5-15-27-19/h1-2,5-8,15,18H,3-4,9-14,16-17,23H2. The van der Waals surface area contributed by atoms with E-state index < -0.39 is 0 Å². The molecule has 27 heavy (non-hydrogen) atoms. The highest BCUT2D eigenvalue weighted by molar-refractivity contribution is 5.76. The summed E-state index contributed by atoms with van der Waals surface area (Å²) in [6.45, 7) is 5.16. The molecule has 0 saturated carbocycles. The number of piperidine rings is 1. The highest BCUT2D eigenvalue weighted by atomic mass is 16.3. The van der Waals surface area contributed by atoms with Crippen LogP contribution in [0.3, 0.4) is 0 Å². The fourth-order valence-electron chi connectivity index (χ4n) is 4.17. The third kappa shape index (κ3) is 4.42. The van der Waals surface area contributed by atoms with Crippen molar-refractivity contribution in [3.05, 3.63) is 54.2 Å². The van der Waals surface area contributed by atoms with E-state index in [0.717, 1.165) is 37.2 Å². The van der Waals surface area contributed by atoms with Crippen molar-refractivity contribution >= 4 is 11.0 Å². The van der Waals surface area contributed by atoms with Gasteiger partial charge in [0.2, 0.25) is 0 Å². The van der Waals surface area contributed by atoms with Gasteiger partial charge in [-0.25, -0.2) is 4.98 Å². The molecule has 2 aromatic heterocycles. The number of benzene rings is 1. The van der Waals surface area contributed by atoms with Crippen molar-refractivity contribution in [3.63, 3.8) is 0 Å². The minimum absolute atomic E-state index is 0.711. The van der Waals surface area contributed by atoms with Crippen LogP contribution in [0.1, 0.15) is 37.3 Å². The van der Waals surface area contributed by atoms with Gasteiger partial charge in [0.05, 0.1) is 23.8 Å². The molecule has 2 N–H and O–H groups in total. The Morgan fingerprint density at radius 1 is 1.07 bits per heavy atom. The summed E-state index contributed by atoms with van der Waals surface area (Å²) in [4.78, 5) is 7.56. The maximum atomic E-state index is 5.61. The second kappa shape index (κ2) is 8.72. The number of imidazole rings is 1. The molecule has 0 aliphatic carbocycles. The second-order valence-electron chi connectivity index (χ2n) is 7.67. The van der Waals surface area contributed by atoms with Crippen LogP contribution in [0.25, 0.3) is 11.0 Å². The lowest BCUT2D eigenvalue weighted by Gasteiger charge is -2.31. The minimum atomic E-state index is 0.711. The first kappa shape index (κ1) is 18.3. The van der Waals surface area contributed by atoms with Crippen LogP contribution in [0, 0.1) is 5.92 Å². The zero-order valence-electron chi connectivity index (χ0n) is 16.0. The SMILES string of the molecule is NCCCCN1CCC(Cc2nc3ccccc3n2Cc2ccco2)CC1. The number of nitrogens with two attached hydrogens (primary N) is 1. The molecule has 0 unspecified atom stereocenters. The van der Waals surface area contributed by atoms with Crippen molar-refractivity contribution < 1.29 is 4.42 Å². The van der Waals surface area contributed by atoms with Crippen LogP contribution in [-0.4, -0.2) is 40.6 Å². The fraction of sp³-hybridized carbons (Fsp3) is 0.500. The topological polar surface area (TPSA) is 60.2 Å². The zero-order valence-corrected chi connectivity index (χ0v) is 16.0. The number of furan rings is 1. The van der Waals surface area contributed by atoms with E-state index in [-0.39, 0.29) is 0 Å². The summed E-state index contributed by atoms with van der Waals surface area (Å²) in [5.74, 6) is 2.88. The number of para-hydroxylation sites is 2. The smallest absolute Gasteiger partial charge is 0.123 e. The molecule has 0 spiro atoms. The van der Waals surface area contributed by atoms with Crippen molar-refractivity contribution in [1.29, 1.82) is 0 Å². The average Bonchev–Trinajstić information content (AvgIpc) is 3.32. The summed E-state index contributed by atoms with van der Waals surface area (Å²) in [5.41, 5.74) is 7.89. The molecule has 144 valence electrons. The van der Waals surface area contributed by atoms with E-state index in [9.17, 15) is 0 Å². The van der Waals surface area contributed by atoms with Gasteiger partial charge in [0.15, 0.2) is 0 Å². The predicted octanol–water partition coefficient (Wildman–Crippen LogP) is 3.67.